The molecule has 0 fully saturated rings. The second kappa shape index (κ2) is 5.86. The maximum absolute atomic E-state index is 9.35. The van der Waals surface area contributed by atoms with Crippen LogP contribution in [0.1, 0.15) is 16.5 Å². The molecule has 1 unspecified atom stereocenters. The molecule has 0 N–H and O–H groups in total. The minimum Gasteiger partial charge on any atom is -0.259 e. The molecule has 3 nitrogen and oxygen atoms in total. The first-order chi connectivity index (χ1) is 10.3. The number of aliphatic imine (C=N–C) groups is 1. The van der Waals surface area contributed by atoms with Crippen LogP contribution in [0, 0.1) is 18.3 Å². The number of aromatic nitrogens is 1. The van der Waals surface area contributed by atoms with Gasteiger partial charge in [-0.25, -0.2) is 4.98 Å². The first-order valence-electron chi connectivity index (χ1n) is 6.62. The Morgan fingerprint density at radius 2 is 1.95 bits per heavy atom. The fourth-order valence-electron chi connectivity index (χ4n) is 1.97. The average Bonchev–Trinajstić information content (AvgIpc) is 2.93. The number of hydrogen-bond acceptors (Lipinski definition) is 4. The van der Waals surface area contributed by atoms with E-state index in [0.717, 1.165) is 20.9 Å². The molecule has 0 aliphatic rings. The first kappa shape index (κ1) is 13.5. The number of aryl methyl sites for hydroxylation is 1. The molecule has 0 amide bonds. The highest BCUT2D eigenvalue weighted by Gasteiger charge is 2.13. The lowest BCUT2D eigenvalue weighted by atomic mass is 10.2. The van der Waals surface area contributed by atoms with Gasteiger partial charge in [0.25, 0.3) is 0 Å². The maximum atomic E-state index is 9.35. The minimum atomic E-state index is -0.413. The molecule has 102 valence electrons. The summed E-state index contributed by atoms with van der Waals surface area (Å²) in [5.41, 5.74) is 2.97. The number of hydrogen-bond donors (Lipinski definition) is 0. The summed E-state index contributed by atoms with van der Waals surface area (Å²) in [7, 11) is 0. The molecule has 0 bridgehead atoms. The monoisotopic (exact) mass is 291 g/mol. The minimum absolute atomic E-state index is 0.413. The highest BCUT2D eigenvalue weighted by atomic mass is 32.1. The highest BCUT2D eigenvalue weighted by molar-refractivity contribution is 7.18. The van der Waals surface area contributed by atoms with Crippen molar-refractivity contribution in [1.29, 1.82) is 5.26 Å². The van der Waals surface area contributed by atoms with Gasteiger partial charge in [-0.15, -0.1) is 11.3 Å². The number of benzene rings is 2. The second-order valence-electron chi connectivity index (χ2n) is 4.74. The quantitative estimate of drug-likeness (QED) is 0.661. The number of nitriles is 1. The summed E-state index contributed by atoms with van der Waals surface area (Å²) in [6, 6.07) is 18.1. The topological polar surface area (TPSA) is 49.0 Å². The van der Waals surface area contributed by atoms with Crippen LogP contribution in [0.5, 0.6) is 0 Å². The van der Waals surface area contributed by atoms with Crippen LogP contribution >= 0.6 is 11.3 Å². The lowest BCUT2D eigenvalue weighted by molar-refractivity contribution is 1.13. The van der Waals surface area contributed by atoms with Crippen LogP contribution in [-0.2, 0) is 0 Å². The molecule has 1 atom stereocenters. The molecular formula is C17H13N3S. The number of nitrogens with zero attached hydrogens (tertiary/aromatic N) is 3. The Balaban J connectivity index is 1.88. The highest BCUT2D eigenvalue weighted by Crippen LogP contribution is 2.27. The number of thiazole rings is 1. The Kier molecular flexibility index (Phi) is 3.76. The Hall–Kier alpha value is -2.51. The fourth-order valence-corrected chi connectivity index (χ4v) is 2.94. The molecule has 0 spiro atoms. The Bertz CT molecular complexity index is 792. The zero-order valence-electron chi connectivity index (χ0n) is 11.5. The van der Waals surface area contributed by atoms with Crippen molar-refractivity contribution in [2.45, 2.75) is 12.8 Å². The van der Waals surface area contributed by atoms with E-state index in [4.69, 9.17) is 0 Å². The Morgan fingerprint density at radius 3 is 2.67 bits per heavy atom. The van der Waals surface area contributed by atoms with E-state index in [1.165, 1.54) is 5.56 Å². The Morgan fingerprint density at radius 1 is 1.19 bits per heavy atom. The first-order valence-corrected chi connectivity index (χ1v) is 7.44. The zero-order valence-corrected chi connectivity index (χ0v) is 12.3. The van der Waals surface area contributed by atoms with E-state index in [-0.39, 0.29) is 0 Å². The fraction of sp³-hybridized carbons (Fsp3) is 0.118. The number of rotatable bonds is 3. The third-order valence-electron chi connectivity index (χ3n) is 3.12. The molecule has 1 heterocycles. The van der Waals surface area contributed by atoms with E-state index >= 15 is 0 Å². The summed E-state index contributed by atoms with van der Waals surface area (Å²) in [5, 5.41) is 10.1. The number of fused-ring (bicyclic) bond motifs is 1. The van der Waals surface area contributed by atoms with Gasteiger partial charge in [0.05, 0.1) is 22.0 Å². The van der Waals surface area contributed by atoms with Gasteiger partial charge < -0.3 is 0 Å². The standard InChI is InChI=1S/C17H13N3S/c1-12-6-8-14(9-7-12)19-11-13(10-18)17-20-15-4-2-3-5-16(15)21-17/h2-9,11,13H,1H3. The zero-order chi connectivity index (χ0) is 14.7. The normalized spacial score (nSPS) is 12.6. The van der Waals surface area contributed by atoms with Crippen molar-refractivity contribution in [3.63, 3.8) is 0 Å². The maximum Gasteiger partial charge on any atom is 0.133 e. The van der Waals surface area contributed by atoms with E-state index in [2.05, 4.69) is 16.0 Å². The van der Waals surface area contributed by atoms with Gasteiger partial charge in [0.2, 0.25) is 0 Å². The van der Waals surface area contributed by atoms with E-state index in [9.17, 15) is 5.26 Å². The predicted molar refractivity (Wildman–Crippen MR) is 87.3 cm³/mol. The van der Waals surface area contributed by atoms with Gasteiger partial charge >= 0.3 is 0 Å². The van der Waals surface area contributed by atoms with Crippen molar-refractivity contribution in [3.05, 3.63) is 59.1 Å². The molecule has 3 aromatic rings. The van der Waals surface area contributed by atoms with Gasteiger partial charge in [-0.3, -0.25) is 4.99 Å². The van der Waals surface area contributed by atoms with Crippen molar-refractivity contribution in [3.8, 4) is 6.07 Å². The lowest BCUT2D eigenvalue weighted by Gasteiger charge is -1.98. The molecule has 0 aliphatic heterocycles. The predicted octanol–water partition coefficient (Wildman–Crippen LogP) is 4.61. The van der Waals surface area contributed by atoms with Crippen LogP contribution in [0.25, 0.3) is 10.2 Å². The van der Waals surface area contributed by atoms with Crippen LogP contribution in [0.4, 0.5) is 5.69 Å². The summed E-state index contributed by atoms with van der Waals surface area (Å²) >= 11 is 1.54. The molecule has 3 rings (SSSR count). The summed E-state index contributed by atoms with van der Waals surface area (Å²) < 4.78 is 1.09. The van der Waals surface area contributed by atoms with Gasteiger partial charge in [0.15, 0.2) is 0 Å². The van der Waals surface area contributed by atoms with E-state index in [1.54, 1.807) is 17.6 Å². The van der Waals surface area contributed by atoms with Gasteiger partial charge in [-0.05, 0) is 31.2 Å². The summed E-state index contributed by atoms with van der Waals surface area (Å²) in [5.74, 6) is -0.413. The van der Waals surface area contributed by atoms with Gasteiger partial charge in [0, 0.05) is 6.21 Å². The lowest BCUT2D eigenvalue weighted by Crippen LogP contribution is -1.95. The van der Waals surface area contributed by atoms with Gasteiger partial charge in [-0.1, -0.05) is 29.8 Å². The molecule has 2 aromatic carbocycles. The van der Waals surface area contributed by atoms with Gasteiger partial charge in [0.1, 0.15) is 10.9 Å². The van der Waals surface area contributed by atoms with Crippen molar-refractivity contribution >= 4 is 33.5 Å². The smallest absolute Gasteiger partial charge is 0.133 e. The molecule has 0 saturated heterocycles. The van der Waals surface area contributed by atoms with Crippen molar-refractivity contribution < 1.29 is 0 Å². The second-order valence-corrected chi connectivity index (χ2v) is 5.80. The summed E-state index contributed by atoms with van der Waals surface area (Å²) in [4.78, 5) is 8.90. The largest absolute Gasteiger partial charge is 0.259 e. The van der Waals surface area contributed by atoms with E-state index in [0.29, 0.717) is 0 Å². The molecule has 0 radical (unpaired) electrons. The molecule has 21 heavy (non-hydrogen) atoms. The van der Waals surface area contributed by atoms with Crippen LogP contribution in [0.3, 0.4) is 0 Å². The van der Waals surface area contributed by atoms with Gasteiger partial charge in [-0.2, -0.15) is 5.26 Å². The van der Waals surface area contributed by atoms with Crippen LogP contribution in [-0.4, -0.2) is 11.2 Å². The van der Waals surface area contributed by atoms with E-state index in [1.807, 2.05) is 55.5 Å². The van der Waals surface area contributed by atoms with Crippen LogP contribution in [0.2, 0.25) is 0 Å². The van der Waals surface area contributed by atoms with Crippen molar-refractivity contribution in [1.82, 2.24) is 4.98 Å². The average molecular weight is 291 g/mol. The van der Waals surface area contributed by atoms with Crippen LogP contribution < -0.4 is 0 Å². The van der Waals surface area contributed by atoms with Crippen molar-refractivity contribution in [2.75, 3.05) is 0 Å². The summed E-state index contributed by atoms with van der Waals surface area (Å²) in [6.07, 6.45) is 1.67. The number of para-hydroxylation sites is 1. The Labute approximate surface area is 127 Å². The third-order valence-corrected chi connectivity index (χ3v) is 4.24. The molecule has 4 heteroatoms. The molecule has 0 saturated carbocycles. The summed E-state index contributed by atoms with van der Waals surface area (Å²) in [6.45, 7) is 2.03. The third kappa shape index (κ3) is 2.99. The SMILES string of the molecule is Cc1ccc(N=CC(C#N)c2nc3ccccc3s2)cc1. The van der Waals surface area contributed by atoms with Crippen LogP contribution in [0.15, 0.2) is 53.5 Å². The molecular weight excluding hydrogens is 278 g/mol. The van der Waals surface area contributed by atoms with Crippen molar-refractivity contribution in [2.24, 2.45) is 4.99 Å². The molecule has 1 aromatic heterocycles. The van der Waals surface area contributed by atoms with E-state index < -0.39 is 5.92 Å². The molecule has 0 aliphatic carbocycles.